The third-order valence-electron chi connectivity index (χ3n) is 3.48. The van der Waals surface area contributed by atoms with E-state index in [1.165, 1.54) is 25.7 Å². The Balaban J connectivity index is 1.81. The van der Waals surface area contributed by atoms with Crippen LogP contribution in [0.4, 0.5) is 0 Å². The van der Waals surface area contributed by atoms with Crippen LogP contribution in [0.1, 0.15) is 44.3 Å². The molecule has 5 heteroatoms. The minimum absolute atomic E-state index is 0.271. The molecule has 1 aliphatic carbocycles. The summed E-state index contributed by atoms with van der Waals surface area (Å²) in [5.74, 6) is 0.698. The van der Waals surface area contributed by atoms with Crippen LogP contribution >= 0.6 is 0 Å². The van der Waals surface area contributed by atoms with E-state index in [0.29, 0.717) is 11.8 Å². The maximum Gasteiger partial charge on any atom is 0.0762 e. The summed E-state index contributed by atoms with van der Waals surface area (Å²) in [6, 6.07) is 2.97. The van der Waals surface area contributed by atoms with Crippen LogP contribution in [0.15, 0.2) is 12.3 Å². The number of nitrogens with zero attached hydrogens (tertiary/aromatic N) is 2. The number of nitrogens with one attached hydrogen (secondary N) is 1. The highest BCUT2D eigenvalue weighted by Crippen LogP contribution is 2.28. The fraction of sp³-hybridized carbons (Fsp3) is 0.769. The average molecular weight is 269 g/mol. The summed E-state index contributed by atoms with van der Waals surface area (Å²) in [5, 5.41) is 7.99. The van der Waals surface area contributed by atoms with E-state index in [-0.39, 0.29) is 6.04 Å². The molecule has 1 aromatic rings. The lowest BCUT2D eigenvalue weighted by molar-refractivity contribution is 0.459. The first kappa shape index (κ1) is 13.7. The van der Waals surface area contributed by atoms with Crippen LogP contribution in [0.3, 0.4) is 0 Å². The summed E-state index contributed by atoms with van der Waals surface area (Å²) in [6.07, 6.45) is 9.02. The molecule has 1 heterocycles. The molecule has 0 aromatic carbocycles. The van der Waals surface area contributed by atoms with Crippen LogP contribution in [0.5, 0.6) is 0 Å². The molecular weight excluding hydrogens is 246 g/mol. The van der Waals surface area contributed by atoms with Gasteiger partial charge in [-0.05, 0) is 25.8 Å². The summed E-state index contributed by atoms with van der Waals surface area (Å²) in [4.78, 5) is 0. The normalized spacial score (nSPS) is 20.1. The van der Waals surface area contributed by atoms with E-state index in [2.05, 4.69) is 34.3 Å². The highest BCUT2D eigenvalue weighted by molar-refractivity contribution is 7.84. The highest BCUT2D eigenvalue weighted by Gasteiger charge is 2.17. The van der Waals surface area contributed by atoms with Gasteiger partial charge in [-0.1, -0.05) is 12.8 Å². The zero-order valence-corrected chi connectivity index (χ0v) is 12.1. The van der Waals surface area contributed by atoms with Crippen LogP contribution in [-0.2, 0) is 17.3 Å². The van der Waals surface area contributed by atoms with E-state index in [0.717, 1.165) is 12.2 Å². The Hall–Kier alpha value is -0.680. The Morgan fingerprint density at radius 1 is 1.56 bits per heavy atom. The standard InChI is InChI=1S/C13H23N3OS/c1-11(10-18(2)17)14-9-12-7-8-16(15-12)13-5-3-4-6-13/h7-8,11,13-14H,3-6,9-10H2,1-2H3. The molecule has 0 spiro atoms. The Bertz CT molecular complexity index is 399. The second-order valence-electron chi connectivity index (χ2n) is 5.25. The minimum atomic E-state index is -0.738. The van der Waals surface area contributed by atoms with Gasteiger partial charge in [0.15, 0.2) is 0 Å². The van der Waals surface area contributed by atoms with E-state index in [1.54, 1.807) is 6.26 Å². The van der Waals surface area contributed by atoms with E-state index in [4.69, 9.17) is 0 Å². The third-order valence-corrected chi connectivity index (χ3v) is 4.45. The first-order valence-electron chi connectivity index (χ1n) is 6.72. The van der Waals surface area contributed by atoms with Crippen molar-refractivity contribution >= 4 is 10.8 Å². The molecule has 2 atom stereocenters. The van der Waals surface area contributed by atoms with Gasteiger partial charge in [0, 0.05) is 41.6 Å². The Kier molecular flexibility index (Phi) is 4.95. The number of hydrogen-bond acceptors (Lipinski definition) is 3. The maximum atomic E-state index is 11.1. The Labute approximate surface area is 112 Å². The Morgan fingerprint density at radius 2 is 2.28 bits per heavy atom. The van der Waals surface area contributed by atoms with Crippen molar-refractivity contribution in [2.75, 3.05) is 12.0 Å². The van der Waals surface area contributed by atoms with Crippen molar-refractivity contribution < 1.29 is 4.21 Å². The van der Waals surface area contributed by atoms with Crippen molar-refractivity contribution in [3.63, 3.8) is 0 Å². The second-order valence-corrected chi connectivity index (χ2v) is 6.73. The lowest BCUT2D eigenvalue weighted by atomic mass is 10.3. The molecule has 1 N–H and O–H groups in total. The molecule has 2 rings (SSSR count). The molecule has 1 fully saturated rings. The van der Waals surface area contributed by atoms with Gasteiger partial charge in [-0.3, -0.25) is 8.89 Å². The van der Waals surface area contributed by atoms with E-state index >= 15 is 0 Å². The van der Waals surface area contributed by atoms with Crippen molar-refractivity contribution in [1.82, 2.24) is 15.1 Å². The number of rotatable bonds is 6. The molecule has 0 saturated heterocycles. The molecule has 1 aromatic heterocycles. The Morgan fingerprint density at radius 3 is 2.94 bits per heavy atom. The third kappa shape index (κ3) is 3.92. The smallest absolute Gasteiger partial charge is 0.0762 e. The first-order chi connectivity index (χ1) is 8.65. The monoisotopic (exact) mass is 269 g/mol. The number of aromatic nitrogens is 2. The summed E-state index contributed by atoms with van der Waals surface area (Å²) in [5.41, 5.74) is 1.08. The zero-order chi connectivity index (χ0) is 13.0. The van der Waals surface area contributed by atoms with Crippen molar-refractivity contribution in [2.24, 2.45) is 0 Å². The van der Waals surface area contributed by atoms with Crippen LogP contribution in [0, 0.1) is 0 Å². The molecule has 1 aliphatic rings. The molecule has 0 aliphatic heterocycles. The predicted octanol–water partition coefficient (Wildman–Crippen LogP) is 1.85. The van der Waals surface area contributed by atoms with Crippen LogP contribution in [-0.4, -0.2) is 32.0 Å². The van der Waals surface area contributed by atoms with E-state index in [1.807, 2.05) is 0 Å². The zero-order valence-electron chi connectivity index (χ0n) is 11.3. The van der Waals surface area contributed by atoms with E-state index < -0.39 is 10.8 Å². The fourth-order valence-electron chi connectivity index (χ4n) is 2.53. The average Bonchev–Trinajstić information content (AvgIpc) is 2.96. The topological polar surface area (TPSA) is 46.9 Å². The van der Waals surface area contributed by atoms with Gasteiger partial charge in [0.1, 0.15) is 0 Å². The van der Waals surface area contributed by atoms with Gasteiger partial charge in [0.25, 0.3) is 0 Å². The maximum absolute atomic E-state index is 11.1. The molecule has 0 amide bonds. The fourth-order valence-corrected chi connectivity index (χ4v) is 3.36. The van der Waals surface area contributed by atoms with Gasteiger partial charge in [0.2, 0.25) is 0 Å². The minimum Gasteiger partial charge on any atom is -0.308 e. The molecule has 18 heavy (non-hydrogen) atoms. The van der Waals surface area contributed by atoms with Gasteiger partial charge in [-0.2, -0.15) is 5.10 Å². The SMILES string of the molecule is CC(CS(C)=O)NCc1ccn(C2CCCC2)n1. The van der Waals surface area contributed by atoms with Crippen molar-refractivity contribution in [2.45, 2.75) is 51.2 Å². The van der Waals surface area contributed by atoms with Gasteiger partial charge >= 0.3 is 0 Å². The summed E-state index contributed by atoms with van der Waals surface area (Å²) in [6.45, 7) is 2.83. The van der Waals surface area contributed by atoms with Crippen LogP contribution in [0.25, 0.3) is 0 Å². The van der Waals surface area contributed by atoms with Gasteiger partial charge in [-0.25, -0.2) is 0 Å². The first-order valence-corrected chi connectivity index (χ1v) is 8.45. The largest absolute Gasteiger partial charge is 0.308 e. The van der Waals surface area contributed by atoms with E-state index in [9.17, 15) is 4.21 Å². The van der Waals surface area contributed by atoms with Crippen LogP contribution < -0.4 is 5.32 Å². The van der Waals surface area contributed by atoms with Crippen molar-refractivity contribution in [1.29, 1.82) is 0 Å². The lowest BCUT2D eigenvalue weighted by Crippen LogP contribution is -2.30. The molecule has 0 bridgehead atoms. The number of hydrogen-bond donors (Lipinski definition) is 1. The molecular formula is C13H23N3OS. The molecule has 0 radical (unpaired) electrons. The quantitative estimate of drug-likeness (QED) is 0.857. The molecule has 2 unspecified atom stereocenters. The summed E-state index contributed by atoms with van der Waals surface area (Å²) < 4.78 is 13.2. The highest BCUT2D eigenvalue weighted by atomic mass is 32.2. The summed E-state index contributed by atoms with van der Waals surface area (Å²) >= 11 is 0. The second kappa shape index (κ2) is 6.48. The summed E-state index contributed by atoms with van der Waals surface area (Å²) in [7, 11) is -0.738. The van der Waals surface area contributed by atoms with Crippen LogP contribution in [0.2, 0.25) is 0 Å². The molecule has 1 saturated carbocycles. The van der Waals surface area contributed by atoms with Gasteiger partial charge < -0.3 is 5.32 Å². The lowest BCUT2D eigenvalue weighted by Gasteiger charge is -2.11. The molecule has 102 valence electrons. The molecule has 4 nitrogen and oxygen atoms in total. The predicted molar refractivity (Wildman–Crippen MR) is 75.0 cm³/mol. The van der Waals surface area contributed by atoms with Gasteiger partial charge in [0.05, 0.1) is 11.7 Å². The van der Waals surface area contributed by atoms with Gasteiger partial charge in [-0.15, -0.1) is 0 Å². The van der Waals surface area contributed by atoms with Crippen molar-refractivity contribution in [3.05, 3.63) is 18.0 Å². The van der Waals surface area contributed by atoms with Crippen molar-refractivity contribution in [3.8, 4) is 0 Å².